The Kier molecular flexibility index (Phi) is 1.86. The third kappa shape index (κ3) is 1.31. The van der Waals surface area contributed by atoms with Crippen molar-refractivity contribution in [3.63, 3.8) is 0 Å². The maximum Gasteiger partial charge on any atom is 0.207 e. The van der Waals surface area contributed by atoms with E-state index in [1.165, 1.54) is 12.4 Å². The number of halogens is 1. The molecule has 0 unspecified atom stereocenters. The van der Waals surface area contributed by atoms with Gasteiger partial charge in [0.2, 0.25) is 5.82 Å². The third-order valence-corrected chi connectivity index (χ3v) is 2.22. The summed E-state index contributed by atoms with van der Waals surface area (Å²) in [5.74, 6) is 0.133. The second kappa shape index (κ2) is 3.34. The highest BCUT2D eigenvalue weighted by molar-refractivity contribution is 5.48. The number of para-hydroxylation sites is 1. The van der Waals surface area contributed by atoms with Gasteiger partial charge >= 0.3 is 0 Å². The van der Waals surface area contributed by atoms with Gasteiger partial charge in [0.1, 0.15) is 12.1 Å². The molecule has 0 N–H and O–H groups in total. The van der Waals surface area contributed by atoms with Crippen LogP contribution in [0.3, 0.4) is 0 Å². The van der Waals surface area contributed by atoms with Gasteiger partial charge in [0.05, 0.1) is 5.69 Å². The third-order valence-electron chi connectivity index (χ3n) is 2.22. The Morgan fingerprint density at radius 2 is 2.00 bits per heavy atom. The summed E-state index contributed by atoms with van der Waals surface area (Å²) in [5, 5.41) is 11.0. The van der Waals surface area contributed by atoms with Crippen molar-refractivity contribution < 1.29 is 4.39 Å². The number of hydrogen-bond donors (Lipinski definition) is 0. The lowest BCUT2D eigenvalue weighted by Crippen LogP contribution is -2.01. The number of rotatable bonds is 1. The van der Waals surface area contributed by atoms with E-state index in [1.54, 1.807) is 29.0 Å². The molecule has 0 amide bonds. The Hall–Kier alpha value is -2.37. The van der Waals surface area contributed by atoms with Gasteiger partial charge in [0, 0.05) is 6.20 Å². The summed E-state index contributed by atoms with van der Waals surface area (Å²) in [5.41, 5.74) is 0.950. The molecule has 6 heteroatoms. The molecule has 1 aromatic rings. The molecule has 2 heterocycles. The molecule has 0 aromatic heterocycles. The SMILES string of the molecule is Fc1ccccc1-n1cnc2nnnc-2c1. The first-order valence-electron chi connectivity index (χ1n) is 4.62. The van der Waals surface area contributed by atoms with Crippen LogP contribution in [-0.4, -0.2) is 25.0 Å². The summed E-state index contributed by atoms with van der Waals surface area (Å²) in [6, 6.07) is 6.44. The van der Waals surface area contributed by atoms with Gasteiger partial charge in [0.15, 0.2) is 5.69 Å². The van der Waals surface area contributed by atoms with Crippen molar-refractivity contribution in [2.45, 2.75) is 0 Å². The number of nitrogens with zero attached hydrogens (tertiary/aromatic N) is 5. The normalized spacial score (nSPS) is 10.8. The fraction of sp³-hybridized carbons (Fsp3) is 0. The second-order valence-electron chi connectivity index (χ2n) is 3.23. The van der Waals surface area contributed by atoms with Gasteiger partial charge in [-0.2, -0.15) is 0 Å². The maximum absolute atomic E-state index is 13.5. The van der Waals surface area contributed by atoms with Crippen LogP contribution in [0, 0.1) is 5.82 Å². The minimum absolute atomic E-state index is 0.318. The van der Waals surface area contributed by atoms with Crippen molar-refractivity contribution in [2.24, 2.45) is 0 Å². The van der Waals surface area contributed by atoms with Gasteiger partial charge in [-0.15, -0.1) is 10.2 Å². The molecule has 0 spiro atoms. The van der Waals surface area contributed by atoms with Crippen LogP contribution in [0.25, 0.3) is 17.2 Å². The summed E-state index contributed by atoms with van der Waals surface area (Å²) in [6.07, 6.45) is 3.12. The van der Waals surface area contributed by atoms with E-state index in [9.17, 15) is 4.39 Å². The standard InChI is InChI=1S/C10H6FN5/c11-7-3-1-2-4-9(7)16-5-8-10(12-6-16)14-15-13-8/h1-6H. The molecule has 2 aliphatic rings. The van der Waals surface area contributed by atoms with Crippen molar-refractivity contribution >= 4 is 0 Å². The Bertz CT molecular complexity index is 606. The van der Waals surface area contributed by atoms with Crippen LogP contribution >= 0.6 is 0 Å². The van der Waals surface area contributed by atoms with Gasteiger partial charge in [-0.3, -0.25) is 0 Å². The van der Waals surface area contributed by atoms with E-state index in [0.717, 1.165) is 0 Å². The fourth-order valence-electron chi connectivity index (χ4n) is 1.46. The number of hydrogen-bond acceptors (Lipinski definition) is 4. The van der Waals surface area contributed by atoms with Crippen molar-refractivity contribution in [1.82, 2.24) is 25.0 Å². The molecule has 0 saturated carbocycles. The molecule has 0 fully saturated rings. The highest BCUT2D eigenvalue weighted by Crippen LogP contribution is 2.16. The van der Waals surface area contributed by atoms with Crippen molar-refractivity contribution in [3.8, 4) is 17.2 Å². The molecule has 0 bridgehead atoms. The van der Waals surface area contributed by atoms with Crippen LogP contribution < -0.4 is 0 Å². The van der Waals surface area contributed by atoms with Gasteiger partial charge in [-0.25, -0.2) is 9.37 Å². The first-order valence-corrected chi connectivity index (χ1v) is 4.62. The first-order chi connectivity index (χ1) is 7.84. The molecule has 78 valence electrons. The average molecular weight is 215 g/mol. The fourth-order valence-corrected chi connectivity index (χ4v) is 1.46. The Balaban J connectivity index is 2.20. The topological polar surface area (TPSA) is 56.5 Å². The van der Waals surface area contributed by atoms with Crippen LogP contribution in [0.15, 0.2) is 36.8 Å². The minimum atomic E-state index is -0.318. The Labute approximate surface area is 89.9 Å². The Morgan fingerprint density at radius 1 is 1.12 bits per heavy atom. The van der Waals surface area contributed by atoms with Gasteiger partial charge in [0.25, 0.3) is 0 Å². The molecule has 5 nitrogen and oxygen atoms in total. The van der Waals surface area contributed by atoms with Crippen LogP contribution in [0.2, 0.25) is 0 Å². The number of fused-ring (bicyclic) bond motifs is 1. The molecular weight excluding hydrogens is 209 g/mol. The van der Waals surface area contributed by atoms with Gasteiger partial charge in [-0.05, 0) is 17.3 Å². The van der Waals surface area contributed by atoms with E-state index in [1.807, 2.05) is 0 Å². The minimum Gasteiger partial charge on any atom is -0.302 e. The average Bonchev–Trinajstić information content (AvgIpc) is 2.76. The molecule has 0 aliphatic carbocycles. The first kappa shape index (κ1) is 8.90. The molecule has 2 aliphatic heterocycles. The Morgan fingerprint density at radius 3 is 2.88 bits per heavy atom. The number of aromatic nitrogens is 5. The predicted molar refractivity (Wildman–Crippen MR) is 53.5 cm³/mol. The van der Waals surface area contributed by atoms with Gasteiger partial charge in [-0.1, -0.05) is 12.1 Å². The van der Waals surface area contributed by atoms with Crippen LogP contribution in [-0.2, 0) is 0 Å². The zero-order chi connectivity index (χ0) is 11.0. The van der Waals surface area contributed by atoms with E-state index < -0.39 is 0 Å². The maximum atomic E-state index is 13.5. The zero-order valence-corrected chi connectivity index (χ0v) is 8.08. The molecule has 3 rings (SSSR count). The van der Waals surface area contributed by atoms with E-state index >= 15 is 0 Å². The molecule has 0 atom stereocenters. The van der Waals surface area contributed by atoms with Crippen molar-refractivity contribution in [1.29, 1.82) is 0 Å². The lowest BCUT2D eigenvalue weighted by Gasteiger charge is -2.07. The summed E-state index contributed by atoms with van der Waals surface area (Å²) < 4.78 is 15.1. The summed E-state index contributed by atoms with van der Waals surface area (Å²) in [6.45, 7) is 0. The quantitative estimate of drug-likeness (QED) is 0.614. The molecule has 0 saturated heterocycles. The van der Waals surface area contributed by atoms with Crippen LogP contribution in [0.5, 0.6) is 0 Å². The van der Waals surface area contributed by atoms with E-state index in [4.69, 9.17) is 0 Å². The molecule has 16 heavy (non-hydrogen) atoms. The molecular formula is C10H6FN5. The summed E-state index contributed by atoms with van der Waals surface area (Å²) in [7, 11) is 0. The smallest absolute Gasteiger partial charge is 0.207 e. The zero-order valence-electron chi connectivity index (χ0n) is 8.08. The molecule has 1 aromatic carbocycles. The van der Waals surface area contributed by atoms with Crippen molar-refractivity contribution in [2.75, 3.05) is 0 Å². The van der Waals surface area contributed by atoms with Crippen LogP contribution in [0.4, 0.5) is 4.39 Å². The summed E-state index contributed by atoms with van der Waals surface area (Å²) >= 11 is 0. The number of benzene rings is 1. The summed E-state index contributed by atoms with van der Waals surface area (Å²) in [4.78, 5) is 4.02. The van der Waals surface area contributed by atoms with E-state index in [0.29, 0.717) is 17.2 Å². The lowest BCUT2D eigenvalue weighted by molar-refractivity contribution is 0.617. The second-order valence-corrected chi connectivity index (χ2v) is 3.23. The van der Waals surface area contributed by atoms with Crippen molar-refractivity contribution in [3.05, 3.63) is 42.6 Å². The highest BCUT2D eigenvalue weighted by Gasteiger charge is 2.10. The largest absolute Gasteiger partial charge is 0.302 e. The monoisotopic (exact) mass is 215 g/mol. The lowest BCUT2D eigenvalue weighted by atomic mass is 10.3. The highest BCUT2D eigenvalue weighted by atomic mass is 19.1. The van der Waals surface area contributed by atoms with E-state index in [2.05, 4.69) is 20.4 Å². The molecule has 0 radical (unpaired) electrons. The van der Waals surface area contributed by atoms with Gasteiger partial charge < -0.3 is 4.57 Å². The predicted octanol–water partition coefficient (Wildman–Crippen LogP) is 1.30. The van der Waals surface area contributed by atoms with Crippen LogP contribution in [0.1, 0.15) is 0 Å². The van der Waals surface area contributed by atoms with E-state index in [-0.39, 0.29) is 5.82 Å².